The molecule has 0 bridgehead atoms. The number of benzene rings is 4. The number of halogens is 4. The Hall–Kier alpha value is -9.41. The fraction of sp³-hybridized carbons (Fsp3) is 0.339. The molecule has 4 aromatic carbocycles. The second-order valence-corrected chi connectivity index (χ2v) is 22.6. The number of hydrogen-bond donors (Lipinski definition) is 4. The lowest BCUT2D eigenvalue weighted by molar-refractivity contribution is 0.0591. The van der Waals surface area contributed by atoms with Gasteiger partial charge < -0.3 is 44.4 Å². The van der Waals surface area contributed by atoms with Crippen molar-refractivity contribution in [3.05, 3.63) is 119 Å². The van der Waals surface area contributed by atoms with Crippen molar-refractivity contribution >= 4 is 96.1 Å². The van der Waals surface area contributed by atoms with Crippen LogP contribution in [0, 0.1) is 46.9 Å². The predicted molar refractivity (Wildman–Crippen MR) is 313 cm³/mol. The van der Waals surface area contributed by atoms with E-state index in [4.69, 9.17) is 28.4 Å². The van der Waals surface area contributed by atoms with Gasteiger partial charge in [0.2, 0.25) is 0 Å². The van der Waals surface area contributed by atoms with Crippen molar-refractivity contribution in [1.29, 1.82) is 0 Å². The topological polar surface area (TPSA) is 240 Å². The second-order valence-electron chi connectivity index (χ2n) is 22.6. The van der Waals surface area contributed by atoms with E-state index < -0.39 is 98.1 Å². The van der Waals surface area contributed by atoms with Crippen molar-refractivity contribution in [2.75, 3.05) is 54.8 Å². The second kappa shape index (κ2) is 25.6. The van der Waals surface area contributed by atoms with Crippen LogP contribution in [0.1, 0.15) is 118 Å². The first-order chi connectivity index (χ1) is 40.2. The number of anilines is 4. The summed E-state index contributed by atoms with van der Waals surface area (Å²) in [5, 5.41) is 10.3. The Morgan fingerprint density at radius 3 is 0.941 bits per heavy atom. The SMILES string of the molecule is COC(=O)c1cc(OCC(C)C)c2ccc(NC(=O)c3cc(OCC(C)C)c4ccc(NC(=O)c5cc(OCC(C)C)c6ccc(NC(=O)c7cc(OCC(C)C)c8ccc(NC(=O)OC(C)(C)C)c(F)c8n7)c(F)c6n5)c(F)c4n3)c(F)c2n1. The highest BCUT2D eigenvalue weighted by atomic mass is 19.1. The van der Waals surface area contributed by atoms with Crippen LogP contribution in [-0.2, 0) is 9.47 Å². The van der Waals surface area contributed by atoms with E-state index in [9.17, 15) is 24.0 Å². The summed E-state index contributed by atoms with van der Waals surface area (Å²) < 4.78 is 101. The van der Waals surface area contributed by atoms with Gasteiger partial charge in [0.15, 0.2) is 29.0 Å². The molecule has 4 aromatic heterocycles. The third-order valence-electron chi connectivity index (χ3n) is 12.3. The molecule has 0 aliphatic rings. The quantitative estimate of drug-likeness (QED) is 0.0410. The zero-order chi connectivity index (χ0) is 61.8. The number of amides is 4. The minimum absolute atomic E-state index is 0.00765. The molecule has 85 heavy (non-hydrogen) atoms. The van der Waals surface area contributed by atoms with E-state index in [1.54, 1.807) is 20.8 Å². The van der Waals surface area contributed by atoms with Crippen LogP contribution >= 0.6 is 0 Å². The number of esters is 1. The number of nitrogens with one attached hydrogen (secondary N) is 4. The van der Waals surface area contributed by atoms with E-state index in [1.807, 2.05) is 55.4 Å². The number of carbonyl (C=O) groups is 5. The van der Waals surface area contributed by atoms with Gasteiger partial charge in [-0.15, -0.1) is 0 Å². The van der Waals surface area contributed by atoms with Crippen molar-refractivity contribution in [3.63, 3.8) is 0 Å². The Balaban J connectivity index is 1.12. The van der Waals surface area contributed by atoms with Crippen LogP contribution in [-0.4, -0.2) is 88.9 Å². The summed E-state index contributed by atoms with van der Waals surface area (Å²) in [5.74, 6) is -7.88. The van der Waals surface area contributed by atoms with Crippen molar-refractivity contribution in [3.8, 4) is 23.0 Å². The number of carbonyl (C=O) groups excluding carboxylic acids is 5. The first-order valence-electron chi connectivity index (χ1n) is 27.3. The van der Waals surface area contributed by atoms with Gasteiger partial charge in [-0.05, 0) is 93.0 Å². The number of nitrogens with zero attached hydrogens (tertiary/aromatic N) is 4. The average Bonchev–Trinajstić information content (AvgIpc) is 1.27. The molecule has 8 rings (SSSR count). The van der Waals surface area contributed by atoms with E-state index in [2.05, 4.69) is 41.2 Å². The molecule has 23 heteroatoms. The molecular weight excluding hydrogens is 1110 g/mol. The van der Waals surface area contributed by atoms with Gasteiger partial charge in [-0.25, -0.2) is 47.1 Å². The molecule has 0 saturated heterocycles. The van der Waals surface area contributed by atoms with Crippen LogP contribution in [0.5, 0.6) is 23.0 Å². The Bertz CT molecular complexity index is 3950. The minimum Gasteiger partial charge on any atom is -0.493 e. The summed E-state index contributed by atoms with van der Waals surface area (Å²) in [5.41, 5.74) is -5.47. The number of ether oxygens (including phenoxy) is 6. The number of rotatable bonds is 20. The normalized spacial score (nSPS) is 11.7. The summed E-state index contributed by atoms with van der Waals surface area (Å²) in [6.45, 7) is 20.6. The number of methoxy groups -OCH3 is 1. The number of hydrogen-bond acceptors (Lipinski definition) is 15. The van der Waals surface area contributed by atoms with E-state index in [0.717, 1.165) is 7.11 Å². The fourth-order valence-electron chi connectivity index (χ4n) is 8.33. The molecule has 0 atom stereocenters. The first-order valence-corrected chi connectivity index (χ1v) is 27.3. The zero-order valence-electron chi connectivity index (χ0n) is 48.9. The molecule has 4 N–H and O–H groups in total. The molecule has 4 amide bonds. The molecule has 4 heterocycles. The van der Waals surface area contributed by atoms with Crippen LogP contribution in [0.4, 0.5) is 45.1 Å². The van der Waals surface area contributed by atoms with Crippen molar-refractivity contribution in [1.82, 2.24) is 19.9 Å². The van der Waals surface area contributed by atoms with Crippen LogP contribution in [0.25, 0.3) is 43.6 Å². The summed E-state index contributed by atoms with van der Waals surface area (Å²) in [6, 6.07) is 15.9. The molecule has 0 aliphatic heterocycles. The van der Waals surface area contributed by atoms with Crippen LogP contribution in [0.3, 0.4) is 0 Å². The van der Waals surface area contributed by atoms with Gasteiger partial charge in [-0.1, -0.05) is 55.4 Å². The van der Waals surface area contributed by atoms with Crippen molar-refractivity contribution < 1.29 is 70.0 Å². The molecule has 0 saturated carbocycles. The molecule has 19 nitrogen and oxygen atoms in total. The Labute approximate surface area is 486 Å². The van der Waals surface area contributed by atoms with Crippen LogP contribution < -0.4 is 40.2 Å². The van der Waals surface area contributed by atoms with Gasteiger partial charge in [0, 0.05) is 45.8 Å². The average molecular weight is 1170 g/mol. The predicted octanol–water partition coefficient (Wildman–Crippen LogP) is 13.5. The largest absolute Gasteiger partial charge is 0.493 e. The highest BCUT2D eigenvalue weighted by Gasteiger charge is 2.27. The van der Waals surface area contributed by atoms with Gasteiger partial charge in [0.25, 0.3) is 17.7 Å². The maximum Gasteiger partial charge on any atom is 0.412 e. The van der Waals surface area contributed by atoms with E-state index in [1.165, 1.54) is 72.8 Å². The maximum absolute atomic E-state index is 17.0. The highest BCUT2D eigenvalue weighted by Crippen LogP contribution is 2.37. The summed E-state index contributed by atoms with van der Waals surface area (Å²) in [4.78, 5) is 84.6. The minimum atomic E-state index is -1.12. The van der Waals surface area contributed by atoms with Crippen molar-refractivity contribution in [2.45, 2.75) is 81.8 Å². The van der Waals surface area contributed by atoms with Gasteiger partial charge in [-0.2, -0.15) is 0 Å². The lowest BCUT2D eigenvalue weighted by Gasteiger charge is -2.20. The molecule has 0 aliphatic carbocycles. The van der Waals surface area contributed by atoms with E-state index in [0.29, 0.717) is 0 Å². The molecule has 446 valence electrons. The number of fused-ring (bicyclic) bond motifs is 4. The van der Waals surface area contributed by atoms with E-state index in [-0.39, 0.29) is 123 Å². The fourth-order valence-corrected chi connectivity index (χ4v) is 8.33. The molecule has 0 radical (unpaired) electrons. The molecule has 8 aromatic rings. The molecule has 0 fully saturated rings. The van der Waals surface area contributed by atoms with Crippen LogP contribution in [0.2, 0.25) is 0 Å². The lowest BCUT2D eigenvalue weighted by atomic mass is 10.1. The molecule has 0 spiro atoms. The number of aromatic nitrogens is 4. The van der Waals surface area contributed by atoms with Gasteiger partial charge in [0.1, 0.15) is 67.7 Å². The monoisotopic (exact) mass is 1170 g/mol. The molecule has 0 unspecified atom stereocenters. The first kappa shape index (κ1) is 61.7. The third-order valence-corrected chi connectivity index (χ3v) is 12.3. The lowest BCUT2D eigenvalue weighted by Crippen LogP contribution is -2.27. The number of pyridine rings is 4. The Morgan fingerprint density at radius 1 is 0.424 bits per heavy atom. The zero-order valence-corrected chi connectivity index (χ0v) is 48.9. The standard InChI is InChI=1S/C62H64F4N8O11/c1-29(2)25-81-45-21-41(67-53-33(45)14-18-38(50(53)64)72-59(77)43-23-47(83-27-31(5)6)35-16-20-40(52(66)55(35)69-43)74-61(79)85-62(9,10)11)57(75)71-37-17-13-34-46(82-26-30(3)4)22-42(68-54(34)49(37)63)58(76)73-39-19-15-36-48(84-28-32(7)8)24-44(60(78)80-12)70-56(36)51(39)65/h13-24,29-32H,25-28H2,1-12H3,(H,71,75)(H,72,77)(H,73,76)(H,74,79). The summed E-state index contributed by atoms with van der Waals surface area (Å²) in [7, 11) is 1.14. The Morgan fingerprint density at radius 2 is 0.682 bits per heavy atom. The highest BCUT2D eigenvalue weighted by molar-refractivity contribution is 6.10. The summed E-state index contributed by atoms with van der Waals surface area (Å²) >= 11 is 0. The molecular formula is C62H64F4N8O11. The van der Waals surface area contributed by atoms with Gasteiger partial charge in [0.05, 0.1) is 56.3 Å². The van der Waals surface area contributed by atoms with Gasteiger partial charge in [-0.3, -0.25) is 19.7 Å². The van der Waals surface area contributed by atoms with Crippen molar-refractivity contribution in [2.24, 2.45) is 23.7 Å². The van der Waals surface area contributed by atoms with E-state index >= 15 is 17.6 Å². The van der Waals surface area contributed by atoms with Crippen LogP contribution in [0.15, 0.2) is 72.8 Å². The third kappa shape index (κ3) is 14.3. The van der Waals surface area contributed by atoms with Gasteiger partial charge >= 0.3 is 12.1 Å². The maximum atomic E-state index is 17.0. The Kier molecular flexibility index (Phi) is 18.6. The summed E-state index contributed by atoms with van der Waals surface area (Å²) in [6.07, 6.45) is -0.937. The smallest absolute Gasteiger partial charge is 0.412 e.